The molecule has 2 amide bonds. The topological polar surface area (TPSA) is 58.2 Å². The average molecular weight is 365 g/mol. The van der Waals surface area contributed by atoms with Gasteiger partial charge in [-0.3, -0.25) is 9.59 Å². The predicted octanol–water partition coefficient (Wildman–Crippen LogP) is 3.06. The number of rotatable bonds is 4. The number of hydrogen-bond acceptors (Lipinski definition) is 3. The zero-order chi connectivity index (χ0) is 16.9. The van der Waals surface area contributed by atoms with E-state index in [9.17, 15) is 9.59 Å². The maximum absolute atomic E-state index is 12.1. The third kappa shape index (κ3) is 4.54. The minimum atomic E-state index is -0.212. The molecule has 6 heteroatoms. The summed E-state index contributed by atoms with van der Waals surface area (Å²) in [5.74, 6) is -0.327. The lowest BCUT2D eigenvalue weighted by Gasteiger charge is -2.36. The van der Waals surface area contributed by atoms with Crippen molar-refractivity contribution in [1.29, 1.82) is 0 Å². The van der Waals surface area contributed by atoms with Crippen LogP contribution in [0.1, 0.15) is 31.2 Å². The smallest absolute Gasteiger partial charge is 0.258 e. The van der Waals surface area contributed by atoms with Crippen LogP contribution in [0.2, 0.25) is 5.02 Å². The summed E-state index contributed by atoms with van der Waals surface area (Å²) < 4.78 is 0. The molecule has 128 valence electrons. The number of carbonyl (C=O) groups is 2. The van der Waals surface area contributed by atoms with Crippen LogP contribution in [0.15, 0.2) is 35.2 Å². The highest BCUT2D eigenvalue weighted by atomic mass is 35.5. The Hall–Kier alpha value is -1.46. The van der Waals surface area contributed by atoms with Gasteiger partial charge < -0.3 is 10.6 Å². The summed E-state index contributed by atoms with van der Waals surface area (Å²) in [6.07, 6.45) is 6.69. The van der Waals surface area contributed by atoms with Crippen molar-refractivity contribution in [1.82, 2.24) is 10.6 Å². The second-order valence-corrected chi connectivity index (χ2v) is 7.91. The van der Waals surface area contributed by atoms with Crippen LogP contribution in [0, 0.1) is 0 Å². The third-order valence-electron chi connectivity index (χ3n) is 4.41. The molecule has 1 saturated carbocycles. The van der Waals surface area contributed by atoms with E-state index in [0.717, 1.165) is 24.8 Å². The van der Waals surface area contributed by atoms with Gasteiger partial charge in [-0.05, 0) is 37.0 Å². The summed E-state index contributed by atoms with van der Waals surface area (Å²) >= 11 is 7.41. The first-order chi connectivity index (χ1) is 11.6. The van der Waals surface area contributed by atoms with Crippen molar-refractivity contribution in [3.8, 4) is 0 Å². The Morgan fingerprint density at radius 1 is 1.29 bits per heavy atom. The van der Waals surface area contributed by atoms with Gasteiger partial charge in [-0.15, -0.1) is 11.8 Å². The SMILES string of the molecule is O=C(/C=C1\SC2CCCCC2NC1=O)NCCc1ccc(Cl)cc1. The summed E-state index contributed by atoms with van der Waals surface area (Å²) in [5, 5.41) is 6.99. The molecule has 3 rings (SSSR count). The highest BCUT2D eigenvalue weighted by molar-refractivity contribution is 8.04. The van der Waals surface area contributed by atoms with E-state index in [1.165, 1.54) is 18.9 Å². The Kier molecular flexibility index (Phi) is 5.85. The van der Waals surface area contributed by atoms with E-state index in [2.05, 4.69) is 10.6 Å². The summed E-state index contributed by atoms with van der Waals surface area (Å²) in [5.41, 5.74) is 1.11. The molecule has 4 nitrogen and oxygen atoms in total. The Morgan fingerprint density at radius 3 is 2.83 bits per heavy atom. The summed E-state index contributed by atoms with van der Waals surface area (Å²) in [7, 11) is 0. The summed E-state index contributed by atoms with van der Waals surface area (Å²) in [6.45, 7) is 0.530. The highest BCUT2D eigenvalue weighted by Crippen LogP contribution is 2.36. The molecule has 2 aliphatic rings. The number of nitrogens with one attached hydrogen (secondary N) is 2. The van der Waals surface area contributed by atoms with Gasteiger partial charge >= 0.3 is 0 Å². The molecular formula is C18H21ClN2O2S. The van der Waals surface area contributed by atoms with Crippen LogP contribution < -0.4 is 10.6 Å². The molecule has 2 N–H and O–H groups in total. The molecule has 1 aliphatic heterocycles. The van der Waals surface area contributed by atoms with Gasteiger partial charge in [-0.25, -0.2) is 0 Å². The van der Waals surface area contributed by atoms with Crippen molar-refractivity contribution in [2.24, 2.45) is 0 Å². The first-order valence-electron chi connectivity index (χ1n) is 8.33. The van der Waals surface area contributed by atoms with Gasteiger partial charge in [0.1, 0.15) is 0 Å². The van der Waals surface area contributed by atoms with E-state index < -0.39 is 0 Å². The average Bonchev–Trinajstić information content (AvgIpc) is 2.57. The van der Waals surface area contributed by atoms with Gasteiger partial charge in [0.25, 0.3) is 5.91 Å². The molecule has 1 heterocycles. The maximum atomic E-state index is 12.1. The van der Waals surface area contributed by atoms with E-state index in [1.54, 1.807) is 11.8 Å². The van der Waals surface area contributed by atoms with Gasteiger partial charge in [-0.2, -0.15) is 0 Å². The van der Waals surface area contributed by atoms with Crippen molar-refractivity contribution in [2.45, 2.75) is 43.4 Å². The van der Waals surface area contributed by atoms with Crippen LogP contribution in [0.3, 0.4) is 0 Å². The van der Waals surface area contributed by atoms with Crippen molar-refractivity contribution in [3.05, 3.63) is 45.8 Å². The molecule has 2 atom stereocenters. The second kappa shape index (κ2) is 8.08. The van der Waals surface area contributed by atoms with Crippen molar-refractivity contribution in [3.63, 3.8) is 0 Å². The molecule has 0 aromatic heterocycles. The lowest BCUT2D eigenvalue weighted by atomic mass is 9.94. The van der Waals surface area contributed by atoms with Crippen molar-refractivity contribution >= 4 is 35.2 Å². The van der Waals surface area contributed by atoms with Crippen LogP contribution in [-0.2, 0) is 16.0 Å². The molecule has 24 heavy (non-hydrogen) atoms. The fraction of sp³-hybridized carbons (Fsp3) is 0.444. The van der Waals surface area contributed by atoms with Gasteiger partial charge in [0, 0.05) is 28.9 Å². The Morgan fingerprint density at radius 2 is 2.04 bits per heavy atom. The fourth-order valence-electron chi connectivity index (χ4n) is 3.11. The lowest BCUT2D eigenvalue weighted by molar-refractivity contribution is -0.119. The van der Waals surface area contributed by atoms with E-state index in [0.29, 0.717) is 21.7 Å². The molecule has 2 unspecified atom stereocenters. The Labute approximate surface area is 151 Å². The second-order valence-electron chi connectivity index (χ2n) is 6.20. The quantitative estimate of drug-likeness (QED) is 0.807. The Bertz CT molecular complexity index is 645. The molecule has 2 fully saturated rings. The van der Waals surface area contributed by atoms with Crippen LogP contribution in [0.25, 0.3) is 0 Å². The standard InChI is InChI=1S/C18H21ClN2O2S/c19-13-7-5-12(6-8-13)9-10-20-17(22)11-16-18(23)21-14-3-1-2-4-15(14)24-16/h5-8,11,14-15H,1-4,9-10H2,(H,20,22)(H,21,23)/b16-11-. The zero-order valence-electron chi connectivity index (χ0n) is 13.4. The van der Waals surface area contributed by atoms with Crippen molar-refractivity contribution in [2.75, 3.05) is 6.54 Å². The molecule has 0 spiro atoms. The number of hydrogen-bond donors (Lipinski definition) is 2. The van der Waals surface area contributed by atoms with E-state index >= 15 is 0 Å². The highest BCUT2D eigenvalue weighted by Gasteiger charge is 2.34. The minimum absolute atomic E-state index is 0.115. The molecule has 0 radical (unpaired) electrons. The van der Waals surface area contributed by atoms with Crippen LogP contribution in [-0.4, -0.2) is 29.7 Å². The largest absolute Gasteiger partial charge is 0.352 e. The normalized spacial score (nSPS) is 25.0. The lowest BCUT2D eigenvalue weighted by Crippen LogP contribution is -2.48. The number of carbonyl (C=O) groups excluding carboxylic acids is 2. The van der Waals surface area contributed by atoms with Gasteiger partial charge in [0.15, 0.2) is 0 Å². The first-order valence-corrected chi connectivity index (χ1v) is 9.59. The molecule has 1 saturated heterocycles. The van der Waals surface area contributed by atoms with Crippen LogP contribution >= 0.6 is 23.4 Å². The monoisotopic (exact) mass is 364 g/mol. The zero-order valence-corrected chi connectivity index (χ0v) is 15.0. The summed E-state index contributed by atoms with van der Waals surface area (Å²) in [4.78, 5) is 24.7. The predicted molar refractivity (Wildman–Crippen MR) is 98.0 cm³/mol. The number of halogens is 1. The molecule has 1 aliphatic carbocycles. The number of amides is 2. The fourth-order valence-corrected chi connectivity index (χ4v) is 4.56. The maximum Gasteiger partial charge on any atom is 0.258 e. The van der Waals surface area contributed by atoms with E-state index in [-0.39, 0.29) is 17.9 Å². The van der Waals surface area contributed by atoms with Crippen LogP contribution in [0.5, 0.6) is 0 Å². The van der Waals surface area contributed by atoms with E-state index in [4.69, 9.17) is 11.6 Å². The Balaban J connectivity index is 1.50. The molecule has 1 aromatic carbocycles. The minimum Gasteiger partial charge on any atom is -0.352 e. The molecule has 1 aromatic rings. The summed E-state index contributed by atoms with van der Waals surface area (Å²) in [6, 6.07) is 7.83. The number of fused-ring (bicyclic) bond motifs is 1. The first kappa shape index (κ1) is 17.4. The molecule has 0 bridgehead atoms. The molecular weight excluding hydrogens is 344 g/mol. The van der Waals surface area contributed by atoms with Crippen molar-refractivity contribution < 1.29 is 9.59 Å². The van der Waals surface area contributed by atoms with Gasteiger partial charge in [-0.1, -0.05) is 36.6 Å². The third-order valence-corrected chi connectivity index (χ3v) is 6.09. The van der Waals surface area contributed by atoms with Gasteiger partial charge in [0.2, 0.25) is 5.91 Å². The van der Waals surface area contributed by atoms with Crippen LogP contribution in [0.4, 0.5) is 0 Å². The van der Waals surface area contributed by atoms with E-state index in [1.807, 2.05) is 24.3 Å². The number of benzene rings is 1. The van der Waals surface area contributed by atoms with Gasteiger partial charge in [0.05, 0.1) is 4.91 Å². The number of thioether (sulfide) groups is 1.